The lowest BCUT2D eigenvalue weighted by atomic mass is 10.1. The Morgan fingerprint density at radius 3 is 2.60 bits per heavy atom. The van der Waals surface area contributed by atoms with Crippen molar-refractivity contribution < 1.29 is 13.6 Å². The lowest BCUT2D eigenvalue weighted by molar-refractivity contribution is -0.117. The van der Waals surface area contributed by atoms with Crippen molar-refractivity contribution in [3.05, 3.63) is 33.8 Å². The Bertz CT molecular complexity index is 400. The normalized spacial score (nSPS) is 12.5. The quantitative estimate of drug-likeness (QED) is 0.675. The van der Waals surface area contributed by atoms with E-state index in [4.69, 9.17) is 17.3 Å². The molecule has 0 bridgehead atoms. The Hall–Kier alpha value is -0.680. The summed E-state index contributed by atoms with van der Waals surface area (Å²) in [5.41, 5.74) is 4.93. The molecule has 0 aliphatic carbocycles. The molecule has 1 aromatic carbocycles. The summed E-state index contributed by atoms with van der Waals surface area (Å²) in [6.07, 6.45) is -0.132. The zero-order valence-corrected chi connectivity index (χ0v) is 9.78. The van der Waals surface area contributed by atoms with Crippen LogP contribution in [0.15, 0.2) is 16.6 Å². The number of alkyl halides is 1. The summed E-state index contributed by atoms with van der Waals surface area (Å²) in [7, 11) is 0. The van der Waals surface area contributed by atoms with Gasteiger partial charge in [0, 0.05) is 6.42 Å². The first-order valence-electron chi connectivity index (χ1n) is 3.98. The maximum atomic E-state index is 13.2. The van der Waals surface area contributed by atoms with Crippen LogP contribution in [0.25, 0.3) is 0 Å². The molecule has 2 nitrogen and oxygen atoms in total. The third kappa shape index (κ3) is 3.14. The van der Waals surface area contributed by atoms with Crippen LogP contribution in [0.1, 0.15) is 5.56 Å². The van der Waals surface area contributed by atoms with Crippen LogP contribution in [-0.4, -0.2) is 11.3 Å². The van der Waals surface area contributed by atoms with E-state index >= 15 is 0 Å². The van der Waals surface area contributed by atoms with Gasteiger partial charge in [-0.3, -0.25) is 4.79 Å². The maximum Gasteiger partial charge on any atom is 0.235 e. The van der Waals surface area contributed by atoms with Gasteiger partial charge in [-0.25, -0.2) is 8.78 Å². The minimum Gasteiger partial charge on any atom is -0.368 e. The summed E-state index contributed by atoms with van der Waals surface area (Å²) >= 11 is 8.37. The van der Waals surface area contributed by atoms with Crippen molar-refractivity contribution in [2.75, 3.05) is 0 Å². The van der Waals surface area contributed by atoms with Crippen LogP contribution in [0, 0.1) is 11.6 Å². The molecule has 1 atom stereocenters. The minimum atomic E-state index is -1.04. The summed E-state index contributed by atoms with van der Waals surface area (Å²) in [5.74, 6) is -2.01. The van der Waals surface area contributed by atoms with Crippen LogP contribution in [0.2, 0.25) is 0 Å². The summed E-state index contributed by atoms with van der Waals surface area (Å²) in [5, 5.41) is -1.04. The van der Waals surface area contributed by atoms with Crippen LogP contribution < -0.4 is 5.73 Å². The second kappa shape index (κ2) is 4.90. The van der Waals surface area contributed by atoms with E-state index in [9.17, 15) is 13.6 Å². The first kappa shape index (κ1) is 12.4. The molecule has 0 saturated heterocycles. The van der Waals surface area contributed by atoms with Gasteiger partial charge in [0.05, 0.1) is 4.47 Å². The van der Waals surface area contributed by atoms with Crippen LogP contribution in [0.5, 0.6) is 0 Å². The van der Waals surface area contributed by atoms with E-state index in [1.54, 1.807) is 0 Å². The zero-order chi connectivity index (χ0) is 11.6. The van der Waals surface area contributed by atoms with Gasteiger partial charge in [0.25, 0.3) is 0 Å². The number of hydrogen-bond acceptors (Lipinski definition) is 1. The third-order valence-electron chi connectivity index (χ3n) is 1.80. The fraction of sp³-hybridized carbons (Fsp3) is 0.222. The number of halogens is 4. The fourth-order valence-corrected chi connectivity index (χ4v) is 1.50. The van der Waals surface area contributed by atoms with Gasteiger partial charge in [-0.05, 0) is 33.6 Å². The van der Waals surface area contributed by atoms with Gasteiger partial charge < -0.3 is 5.73 Å². The van der Waals surface area contributed by atoms with E-state index in [0.29, 0.717) is 0 Å². The van der Waals surface area contributed by atoms with Crippen molar-refractivity contribution in [2.24, 2.45) is 5.73 Å². The van der Waals surface area contributed by atoms with E-state index in [1.807, 2.05) is 0 Å². The van der Waals surface area contributed by atoms with Gasteiger partial charge in [0.1, 0.15) is 17.0 Å². The highest BCUT2D eigenvalue weighted by molar-refractivity contribution is 9.10. The third-order valence-corrected chi connectivity index (χ3v) is 2.77. The van der Waals surface area contributed by atoms with E-state index < -0.39 is 22.9 Å². The Morgan fingerprint density at radius 1 is 1.47 bits per heavy atom. The van der Waals surface area contributed by atoms with Gasteiger partial charge in [0.2, 0.25) is 5.91 Å². The molecule has 1 aromatic rings. The van der Waals surface area contributed by atoms with Crippen LogP contribution in [-0.2, 0) is 11.2 Å². The number of nitrogens with two attached hydrogens (primary N) is 1. The smallest absolute Gasteiger partial charge is 0.235 e. The molecule has 0 aromatic heterocycles. The zero-order valence-electron chi connectivity index (χ0n) is 7.44. The molecule has 0 spiro atoms. The Labute approximate surface area is 98.5 Å². The monoisotopic (exact) mass is 297 g/mol. The highest BCUT2D eigenvalue weighted by atomic mass is 79.9. The highest BCUT2D eigenvalue weighted by Gasteiger charge is 2.16. The Kier molecular flexibility index (Phi) is 4.04. The van der Waals surface area contributed by atoms with Crippen molar-refractivity contribution >= 4 is 33.4 Å². The van der Waals surface area contributed by atoms with Crippen molar-refractivity contribution in [3.8, 4) is 0 Å². The molecule has 15 heavy (non-hydrogen) atoms. The van der Waals surface area contributed by atoms with Gasteiger partial charge in [-0.2, -0.15) is 0 Å². The average Bonchev–Trinajstić information content (AvgIpc) is 2.13. The molecule has 1 rings (SSSR count). The molecule has 82 valence electrons. The fourth-order valence-electron chi connectivity index (χ4n) is 1.01. The molecule has 0 heterocycles. The van der Waals surface area contributed by atoms with E-state index in [1.165, 1.54) is 0 Å². The summed E-state index contributed by atoms with van der Waals surface area (Å²) in [4.78, 5) is 10.6. The van der Waals surface area contributed by atoms with Crippen LogP contribution in [0.3, 0.4) is 0 Å². The molecule has 1 unspecified atom stereocenters. The molecule has 0 saturated carbocycles. The number of amides is 1. The molecular weight excluding hydrogens is 291 g/mol. The SMILES string of the molecule is NC(=O)C(Cl)Cc1cc(F)c(Br)cc1F. The van der Waals surface area contributed by atoms with Crippen molar-refractivity contribution in [1.29, 1.82) is 0 Å². The van der Waals surface area contributed by atoms with Crippen molar-refractivity contribution in [2.45, 2.75) is 11.8 Å². The molecule has 0 aliphatic rings. The molecule has 0 fully saturated rings. The summed E-state index contributed by atoms with van der Waals surface area (Å²) in [6.45, 7) is 0. The molecule has 1 amide bonds. The molecule has 0 radical (unpaired) electrons. The van der Waals surface area contributed by atoms with E-state index in [-0.39, 0.29) is 16.5 Å². The number of primary amides is 1. The summed E-state index contributed by atoms with van der Waals surface area (Å²) in [6, 6.07) is 1.97. The molecular formula is C9H7BrClF2NO. The number of rotatable bonds is 3. The molecule has 6 heteroatoms. The van der Waals surface area contributed by atoms with Gasteiger partial charge in [0.15, 0.2) is 0 Å². The average molecular weight is 299 g/mol. The van der Waals surface area contributed by atoms with Crippen LogP contribution in [0.4, 0.5) is 8.78 Å². The first-order valence-corrected chi connectivity index (χ1v) is 5.21. The molecule has 0 aliphatic heterocycles. The van der Waals surface area contributed by atoms with E-state index in [2.05, 4.69) is 15.9 Å². The van der Waals surface area contributed by atoms with Gasteiger partial charge in [-0.15, -0.1) is 11.6 Å². The number of hydrogen-bond donors (Lipinski definition) is 1. The Morgan fingerprint density at radius 2 is 2.07 bits per heavy atom. The number of carbonyl (C=O) groups excluding carboxylic acids is 1. The van der Waals surface area contributed by atoms with Crippen molar-refractivity contribution in [1.82, 2.24) is 0 Å². The second-order valence-electron chi connectivity index (χ2n) is 2.93. The van der Waals surface area contributed by atoms with Gasteiger partial charge in [-0.1, -0.05) is 0 Å². The largest absolute Gasteiger partial charge is 0.368 e. The van der Waals surface area contributed by atoms with Gasteiger partial charge >= 0.3 is 0 Å². The lowest BCUT2D eigenvalue weighted by Gasteiger charge is -2.07. The summed E-state index contributed by atoms with van der Waals surface area (Å²) < 4.78 is 26.3. The predicted octanol–water partition coefficient (Wildman–Crippen LogP) is 2.36. The first-order chi connectivity index (χ1) is 6.91. The Balaban J connectivity index is 2.95. The minimum absolute atomic E-state index is 0.0222. The predicted molar refractivity (Wildman–Crippen MR) is 56.6 cm³/mol. The van der Waals surface area contributed by atoms with Crippen molar-refractivity contribution in [3.63, 3.8) is 0 Å². The maximum absolute atomic E-state index is 13.2. The number of carbonyl (C=O) groups is 1. The second-order valence-corrected chi connectivity index (χ2v) is 4.31. The lowest BCUT2D eigenvalue weighted by Crippen LogP contribution is -2.25. The molecule has 2 N–H and O–H groups in total. The highest BCUT2D eigenvalue weighted by Crippen LogP contribution is 2.21. The standard InChI is InChI=1S/C9H7BrClF2NO/c10-5-3-7(12)4(2-8(5)13)1-6(11)9(14)15/h2-3,6H,1H2,(H2,14,15). The topological polar surface area (TPSA) is 43.1 Å². The van der Waals surface area contributed by atoms with Crippen LogP contribution >= 0.6 is 27.5 Å². The number of benzene rings is 1. The van der Waals surface area contributed by atoms with E-state index in [0.717, 1.165) is 12.1 Å².